The molecule has 0 radical (unpaired) electrons. The average Bonchev–Trinajstić information content (AvgIpc) is 2.73. The zero-order chi connectivity index (χ0) is 14.2. The largest absolute Gasteiger partial charge is 0.481 e. The summed E-state index contributed by atoms with van der Waals surface area (Å²) in [7, 11) is 0. The zero-order valence-electron chi connectivity index (χ0n) is 11.3. The predicted molar refractivity (Wildman–Crippen MR) is 71.7 cm³/mol. The molecule has 2 atom stereocenters. The summed E-state index contributed by atoms with van der Waals surface area (Å²) < 4.78 is 0. The Bertz CT molecular complexity index is 510. The van der Waals surface area contributed by atoms with Crippen LogP contribution in [-0.2, 0) is 22.6 Å². The van der Waals surface area contributed by atoms with Crippen LogP contribution in [0.25, 0.3) is 0 Å². The molecule has 1 aliphatic carbocycles. The van der Waals surface area contributed by atoms with Crippen LogP contribution in [0.4, 0.5) is 0 Å². The third kappa shape index (κ3) is 2.63. The molecule has 2 N–H and O–H groups in total. The maximum atomic E-state index is 12.0. The minimum atomic E-state index is -0.896. The highest BCUT2D eigenvalue weighted by atomic mass is 32.1. The molecule has 0 saturated heterocycles. The van der Waals surface area contributed by atoms with Gasteiger partial charge < -0.3 is 10.4 Å². The molecule has 1 aliphatic rings. The van der Waals surface area contributed by atoms with E-state index in [1.165, 1.54) is 4.88 Å². The second-order valence-electron chi connectivity index (χ2n) is 5.41. The van der Waals surface area contributed by atoms with E-state index in [1.54, 1.807) is 11.3 Å². The van der Waals surface area contributed by atoms with Crippen LogP contribution in [0.5, 0.6) is 0 Å². The first-order valence-electron chi connectivity index (χ1n) is 6.32. The molecule has 0 aliphatic heterocycles. The number of nitrogens with one attached hydrogen (secondary N) is 1. The van der Waals surface area contributed by atoms with Crippen molar-refractivity contribution in [2.24, 2.45) is 17.3 Å². The van der Waals surface area contributed by atoms with Crippen molar-refractivity contribution in [3.63, 3.8) is 0 Å². The van der Waals surface area contributed by atoms with Crippen molar-refractivity contribution < 1.29 is 14.7 Å². The fraction of sp³-hybridized carbons (Fsp3) is 0.615. The highest BCUT2D eigenvalue weighted by molar-refractivity contribution is 7.11. The Morgan fingerprint density at radius 3 is 2.63 bits per heavy atom. The van der Waals surface area contributed by atoms with Crippen LogP contribution in [0.3, 0.4) is 0 Å². The number of nitrogens with zero attached hydrogens (tertiary/aromatic N) is 1. The Hall–Kier alpha value is -1.43. The first kappa shape index (κ1) is 14.0. The second-order valence-corrected chi connectivity index (χ2v) is 6.61. The van der Waals surface area contributed by atoms with Gasteiger partial charge in [-0.2, -0.15) is 0 Å². The maximum Gasteiger partial charge on any atom is 0.307 e. The van der Waals surface area contributed by atoms with Crippen LogP contribution in [0.2, 0.25) is 0 Å². The molecule has 0 bridgehead atoms. The summed E-state index contributed by atoms with van der Waals surface area (Å²) in [4.78, 5) is 28.4. The molecule has 1 saturated carbocycles. The normalized spacial score (nSPS) is 23.9. The van der Waals surface area contributed by atoms with Crippen molar-refractivity contribution >= 4 is 23.2 Å². The van der Waals surface area contributed by atoms with Crippen LogP contribution in [0.15, 0.2) is 6.20 Å². The van der Waals surface area contributed by atoms with Gasteiger partial charge in [0.15, 0.2) is 0 Å². The molecular formula is C13H18N2O3S. The summed E-state index contributed by atoms with van der Waals surface area (Å²) in [5.74, 6) is -2.09. The number of amides is 1. The van der Waals surface area contributed by atoms with Crippen LogP contribution in [0, 0.1) is 17.3 Å². The highest BCUT2D eigenvalue weighted by Crippen LogP contribution is 2.58. The molecule has 2 rings (SSSR count). The van der Waals surface area contributed by atoms with Gasteiger partial charge >= 0.3 is 5.97 Å². The number of carboxylic acids is 1. The number of aryl methyl sites for hydroxylation is 1. The number of rotatable bonds is 5. The Morgan fingerprint density at radius 1 is 1.47 bits per heavy atom. The van der Waals surface area contributed by atoms with Gasteiger partial charge in [0.25, 0.3) is 0 Å². The summed E-state index contributed by atoms with van der Waals surface area (Å²) in [5, 5.41) is 12.7. The minimum Gasteiger partial charge on any atom is -0.481 e. The number of hydrogen-bond acceptors (Lipinski definition) is 4. The van der Waals surface area contributed by atoms with Crippen LogP contribution >= 0.6 is 11.3 Å². The Balaban J connectivity index is 1.91. The molecule has 1 heterocycles. The number of carbonyl (C=O) groups is 2. The third-order valence-electron chi connectivity index (χ3n) is 3.74. The van der Waals surface area contributed by atoms with E-state index in [2.05, 4.69) is 17.2 Å². The molecule has 1 amide bonds. The lowest BCUT2D eigenvalue weighted by atomic mass is 10.1. The standard InChI is InChI=1S/C13H18N2O3S/c1-4-7-5-14-8(19-7)6-15-11(16)9-10(12(17)18)13(9,2)3/h5,9-10H,4,6H2,1-3H3,(H,15,16)(H,17,18)/t9-,10+/m0/s1. The van der Waals surface area contributed by atoms with E-state index in [4.69, 9.17) is 5.11 Å². The van der Waals surface area contributed by atoms with Crippen molar-refractivity contribution in [1.82, 2.24) is 10.3 Å². The number of carbonyl (C=O) groups excluding carboxylic acids is 1. The van der Waals surface area contributed by atoms with Crippen molar-refractivity contribution in [3.8, 4) is 0 Å². The molecule has 19 heavy (non-hydrogen) atoms. The Labute approximate surface area is 116 Å². The third-order valence-corrected chi connectivity index (χ3v) is 4.88. The smallest absolute Gasteiger partial charge is 0.307 e. The molecule has 0 aromatic carbocycles. The van der Waals surface area contributed by atoms with Gasteiger partial charge in [0.2, 0.25) is 5.91 Å². The maximum absolute atomic E-state index is 12.0. The lowest BCUT2D eigenvalue weighted by Gasteiger charge is -2.03. The molecule has 0 unspecified atom stereocenters. The number of hydrogen-bond donors (Lipinski definition) is 2. The summed E-state index contributed by atoms with van der Waals surface area (Å²) in [5.41, 5.74) is -0.451. The quantitative estimate of drug-likeness (QED) is 0.861. The molecule has 0 spiro atoms. The number of aliphatic carboxylic acids is 1. The van der Waals surface area contributed by atoms with Gasteiger partial charge in [-0.3, -0.25) is 9.59 Å². The SMILES string of the molecule is CCc1cnc(CNC(=O)[C@@H]2[C@H](C(=O)O)C2(C)C)s1. The van der Waals surface area contributed by atoms with E-state index in [1.807, 2.05) is 20.0 Å². The van der Waals surface area contributed by atoms with Gasteiger partial charge in [-0.15, -0.1) is 11.3 Å². The van der Waals surface area contributed by atoms with E-state index in [9.17, 15) is 9.59 Å². The second kappa shape index (κ2) is 4.92. The van der Waals surface area contributed by atoms with Crippen molar-refractivity contribution in [2.75, 3.05) is 0 Å². The van der Waals surface area contributed by atoms with E-state index < -0.39 is 23.2 Å². The van der Waals surface area contributed by atoms with Crippen molar-refractivity contribution in [1.29, 1.82) is 0 Å². The molecule has 104 valence electrons. The first-order chi connectivity index (χ1) is 8.87. The first-order valence-corrected chi connectivity index (χ1v) is 7.13. The topological polar surface area (TPSA) is 79.3 Å². The monoisotopic (exact) mass is 282 g/mol. The fourth-order valence-electron chi connectivity index (χ4n) is 2.45. The molecule has 6 heteroatoms. The average molecular weight is 282 g/mol. The predicted octanol–water partition coefficient (Wildman–Crippen LogP) is 1.68. The van der Waals surface area contributed by atoms with Gasteiger partial charge in [0.1, 0.15) is 5.01 Å². The van der Waals surface area contributed by atoms with E-state index in [-0.39, 0.29) is 5.91 Å². The number of carboxylic acid groups (broad SMARTS) is 1. The van der Waals surface area contributed by atoms with Crippen molar-refractivity contribution in [2.45, 2.75) is 33.7 Å². The molecule has 5 nitrogen and oxygen atoms in total. The molecular weight excluding hydrogens is 264 g/mol. The lowest BCUT2D eigenvalue weighted by molar-refractivity contribution is -0.140. The number of aromatic nitrogens is 1. The summed E-state index contributed by atoms with van der Waals surface area (Å²) in [6.07, 6.45) is 2.75. The van der Waals surface area contributed by atoms with E-state index in [0.717, 1.165) is 11.4 Å². The van der Waals surface area contributed by atoms with Crippen LogP contribution in [-0.4, -0.2) is 22.0 Å². The van der Waals surface area contributed by atoms with Crippen LogP contribution in [0.1, 0.15) is 30.7 Å². The fourth-order valence-corrected chi connectivity index (χ4v) is 3.26. The van der Waals surface area contributed by atoms with Crippen LogP contribution < -0.4 is 5.32 Å². The summed E-state index contributed by atoms with van der Waals surface area (Å²) >= 11 is 1.57. The van der Waals surface area contributed by atoms with E-state index >= 15 is 0 Å². The summed E-state index contributed by atoms with van der Waals surface area (Å²) in [6, 6.07) is 0. The number of thiazole rings is 1. The van der Waals surface area contributed by atoms with Crippen molar-refractivity contribution in [3.05, 3.63) is 16.1 Å². The molecule has 1 fully saturated rings. The van der Waals surface area contributed by atoms with Gasteiger partial charge in [-0.25, -0.2) is 4.98 Å². The molecule has 1 aromatic rings. The van der Waals surface area contributed by atoms with Gasteiger partial charge in [-0.05, 0) is 11.8 Å². The van der Waals surface area contributed by atoms with Gasteiger partial charge in [0.05, 0.1) is 18.4 Å². The van der Waals surface area contributed by atoms with Gasteiger partial charge in [0, 0.05) is 11.1 Å². The Kier molecular flexibility index (Phi) is 3.62. The Morgan fingerprint density at radius 2 is 2.16 bits per heavy atom. The zero-order valence-corrected chi connectivity index (χ0v) is 12.1. The minimum absolute atomic E-state index is 0.189. The van der Waals surface area contributed by atoms with E-state index in [0.29, 0.717) is 6.54 Å². The lowest BCUT2D eigenvalue weighted by Crippen LogP contribution is -2.26. The summed E-state index contributed by atoms with van der Waals surface area (Å²) in [6.45, 7) is 6.06. The molecule has 1 aromatic heterocycles. The van der Waals surface area contributed by atoms with Gasteiger partial charge in [-0.1, -0.05) is 20.8 Å². The highest BCUT2D eigenvalue weighted by Gasteiger charge is 2.65.